The van der Waals surface area contributed by atoms with Gasteiger partial charge in [0.2, 0.25) is 5.91 Å². The van der Waals surface area contributed by atoms with Gasteiger partial charge in [-0.3, -0.25) is 9.69 Å². The largest absolute Gasteiger partial charge is 0.435 e. The van der Waals surface area contributed by atoms with Crippen LogP contribution < -0.4 is 4.90 Å². The lowest BCUT2D eigenvalue weighted by Crippen LogP contribution is -2.39. The number of thioether (sulfide) groups is 1. The summed E-state index contributed by atoms with van der Waals surface area (Å²) in [6, 6.07) is 5.75. The summed E-state index contributed by atoms with van der Waals surface area (Å²) < 4.78 is 52.3. The van der Waals surface area contributed by atoms with Gasteiger partial charge >= 0.3 is 6.18 Å². The maximum Gasteiger partial charge on any atom is 0.435 e. The Morgan fingerprint density at radius 1 is 1.32 bits per heavy atom. The molecular weight excluding hydrogens is 306 g/mol. The zero-order chi connectivity index (χ0) is 14.2. The normalized spacial score (nSPS) is 15.5. The number of allylic oxidation sites excluding steroid dienone is 1. The molecule has 0 bridgehead atoms. The van der Waals surface area contributed by atoms with Crippen LogP contribution in [0, 0.1) is 0 Å². The second-order valence-corrected chi connectivity index (χ2v) is 4.82. The number of benzene rings is 1. The van der Waals surface area contributed by atoms with Crippen LogP contribution in [0.1, 0.15) is 0 Å². The quantitative estimate of drug-likeness (QED) is 0.576. The van der Waals surface area contributed by atoms with Crippen LogP contribution in [0.5, 0.6) is 0 Å². The molecule has 2 nitrogen and oxygen atoms in total. The summed E-state index contributed by atoms with van der Waals surface area (Å²) in [5.41, 5.74) is -1.64. The predicted octanol–water partition coefficient (Wildman–Crippen LogP) is 4.07. The van der Waals surface area contributed by atoms with Crippen molar-refractivity contribution in [2.75, 3.05) is 10.8 Å². The van der Waals surface area contributed by atoms with E-state index >= 15 is 0 Å². The predicted molar refractivity (Wildman–Crippen MR) is 64.7 cm³/mol. The van der Waals surface area contributed by atoms with Crippen molar-refractivity contribution >= 4 is 35.0 Å². The smallest absolute Gasteiger partial charge is 0.273 e. The summed E-state index contributed by atoms with van der Waals surface area (Å²) in [5.74, 6) is -1.71. The van der Waals surface area contributed by atoms with E-state index in [2.05, 4.69) is 0 Å². The lowest BCUT2D eigenvalue weighted by atomic mass is 10.2. The highest BCUT2D eigenvalue weighted by Gasteiger charge is 2.46. The number of anilines is 1. The van der Waals surface area contributed by atoms with E-state index in [1.54, 1.807) is 6.07 Å². The number of amides is 1. The van der Waals surface area contributed by atoms with Crippen molar-refractivity contribution in [3.63, 3.8) is 0 Å². The lowest BCUT2D eigenvalue weighted by Gasteiger charge is -2.31. The van der Waals surface area contributed by atoms with Crippen molar-refractivity contribution in [3.8, 4) is 0 Å². The zero-order valence-electron chi connectivity index (χ0n) is 9.17. The fourth-order valence-electron chi connectivity index (χ4n) is 1.64. The molecule has 0 aliphatic carbocycles. The molecule has 1 aliphatic rings. The van der Waals surface area contributed by atoms with E-state index in [9.17, 15) is 22.4 Å². The summed E-state index contributed by atoms with van der Waals surface area (Å²) in [6.07, 6.45) is -4.98. The van der Waals surface area contributed by atoms with Gasteiger partial charge in [0.15, 0.2) is 10.9 Å². The minimum Gasteiger partial charge on any atom is -0.273 e. The fraction of sp³-hybridized carbons (Fsp3) is 0.182. The Morgan fingerprint density at radius 3 is 2.53 bits per heavy atom. The first-order valence-electron chi connectivity index (χ1n) is 4.99. The van der Waals surface area contributed by atoms with Gasteiger partial charge in [-0.1, -0.05) is 23.9 Å². The molecule has 102 valence electrons. The molecule has 0 aromatic heterocycles. The Morgan fingerprint density at radius 2 is 1.95 bits per heavy atom. The number of alkyl halides is 4. The molecule has 1 aliphatic heterocycles. The van der Waals surface area contributed by atoms with Crippen molar-refractivity contribution < 1.29 is 22.4 Å². The third-order valence-corrected chi connectivity index (χ3v) is 3.51. The topological polar surface area (TPSA) is 20.3 Å². The SMILES string of the molecule is O=C(CCl)N1C(C(F)(F)F)=C(F)Sc2ccccc21. The average Bonchev–Trinajstić information content (AvgIpc) is 2.34. The molecule has 8 heteroatoms. The minimum absolute atomic E-state index is 0.0214. The fourth-order valence-corrected chi connectivity index (χ4v) is 2.67. The van der Waals surface area contributed by atoms with Crippen LogP contribution in [0.25, 0.3) is 0 Å². The van der Waals surface area contributed by atoms with Gasteiger partial charge in [-0.2, -0.15) is 17.6 Å². The molecule has 0 spiro atoms. The number of rotatable bonds is 1. The van der Waals surface area contributed by atoms with Crippen molar-refractivity contribution in [2.24, 2.45) is 0 Å². The Balaban J connectivity index is 2.63. The number of fused-ring (bicyclic) bond motifs is 1. The maximum atomic E-state index is 13.7. The number of carbonyl (C=O) groups excluding carboxylic acids is 1. The molecule has 0 saturated heterocycles. The van der Waals surface area contributed by atoms with Gasteiger partial charge in [-0.15, -0.1) is 11.6 Å². The number of halogens is 5. The molecule has 1 amide bonds. The molecule has 19 heavy (non-hydrogen) atoms. The maximum absolute atomic E-state index is 13.7. The molecule has 0 fully saturated rings. The molecule has 0 saturated carbocycles. The molecule has 0 N–H and O–H groups in total. The second-order valence-electron chi connectivity index (χ2n) is 3.55. The van der Waals surface area contributed by atoms with Crippen molar-refractivity contribution in [2.45, 2.75) is 11.1 Å². The van der Waals surface area contributed by atoms with Gasteiger partial charge in [-0.25, -0.2) is 0 Å². The highest BCUT2D eigenvalue weighted by molar-refractivity contribution is 8.03. The molecular formula is C11H6ClF4NOS. The molecule has 1 aromatic rings. The van der Waals surface area contributed by atoms with E-state index in [4.69, 9.17) is 11.6 Å². The average molecular weight is 312 g/mol. The number of hydrogen-bond acceptors (Lipinski definition) is 2. The minimum atomic E-state index is -4.98. The standard InChI is InChI=1S/C11H6ClF4NOS/c12-5-8(18)17-6-3-1-2-4-7(6)19-10(13)9(17)11(14,15)16/h1-4H,5H2. The highest BCUT2D eigenvalue weighted by Crippen LogP contribution is 2.48. The Bertz CT molecular complexity index is 558. The third kappa shape index (κ3) is 2.57. The van der Waals surface area contributed by atoms with Crippen LogP contribution in [0.15, 0.2) is 40.0 Å². The van der Waals surface area contributed by atoms with Crippen molar-refractivity contribution in [3.05, 3.63) is 35.1 Å². The number of carbonyl (C=O) groups is 1. The summed E-state index contributed by atoms with van der Waals surface area (Å²) in [5, 5.41) is -1.47. The molecule has 2 rings (SSSR count). The molecule has 0 unspecified atom stereocenters. The number of para-hydroxylation sites is 1. The van der Waals surface area contributed by atoms with Crippen LogP contribution >= 0.6 is 23.4 Å². The van der Waals surface area contributed by atoms with E-state index in [1.807, 2.05) is 0 Å². The van der Waals surface area contributed by atoms with Gasteiger partial charge in [0, 0.05) is 4.90 Å². The molecule has 1 heterocycles. The van der Waals surface area contributed by atoms with Gasteiger partial charge in [0.05, 0.1) is 5.69 Å². The van der Waals surface area contributed by atoms with Crippen LogP contribution in [0.4, 0.5) is 23.2 Å². The summed E-state index contributed by atoms with van der Waals surface area (Å²) in [4.78, 5) is 12.1. The van der Waals surface area contributed by atoms with Crippen LogP contribution in [-0.4, -0.2) is 18.0 Å². The highest BCUT2D eigenvalue weighted by atomic mass is 35.5. The Labute approximate surface area is 115 Å². The third-order valence-electron chi connectivity index (χ3n) is 2.35. The Hall–Kier alpha value is -1.21. The molecule has 0 radical (unpaired) electrons. The number of hydrogen-bond donors (Lipinski definition) is 0. The van der Waals surface area contributed by atoms with Crippen molar-refractivity contribution in [1.29, 1.82) is 0 Å². The van der Waals surface area contributed by atoms with Crippen LogP contribution in [0.3, 0.4) is 0 Å². The van der Waals surface area contributed by atoms with Crippen molar-refractivity contribution in [1.82, 2.24) is 0 Å². The van der Waals surface area contributed by atoms with Gasteiger partial charge in [0.1, 0.15) is 5.88 Å². The van der Waals surface area contributed by atoms with E-state index in [-0.39, 0.29) is 15.5 Å². The van der Waals surface area contributed by atoms with Crippen LogP contribution in [0.2, 0.25) is 0 Å². The van der Waals surface area contributed by atoms with Gasteiger partial charge < -0.3 is 0 Å². The summed E-state index contributed by atoms with van der Waals surface area (Å²) in [7, 11) is 0. The first-order chi connectivity index (χ1) is 8.86. The summed E-state index contributed by atoms with van der Waals surface area (Å²) in [6.45, 7) is 0. The zero-order valence-corrected chi connectivity index (χ0v) is 10.7. The van der Waals surface area contributed by atoms with E-state index in [0.717, 1.165) is 0 Å². The van der Waals surface area contributed by atoms with E-state index < -0.39 is 28.8 Å². The summed E-state index contributed by atoms with van der Waals surface area (Å²) >= 11 is 5.64. The van der Waals surface area contributed by atoms with Gasteiger partial charge in [-0.05, 0) is 12.1 Å². The van der Waals surface area contributed by atoms with E-state index in [1.165, 1.54) is 18.2 Å². The first-order valence-corrected chi connectivity index (χ1v) is 6.34. The first kappa shape index (κ1) is 14.2. The van der Waals surface area contributed by atoms with E-state index in [0.29, 0.717) is 11.8 Å². The lowest BCUT2D eigenvalue weighted by molar-refractivity contribution is -0.120. The molecule has 1 aromatic carbocycles. The van der Waals surface area contributed by atoms with Gasteiger partial charge in [0.25, 0.3) is 0 Å². The second kappa shape index (κ2) is 5.05. The van der Waals surface area contributed by atoms with Crippen LogP contribution in [-0.2, 0) is 4.79 Å². The number of nitrogens with zero attached hydrogens (tertiary/aromatic N) is 1. The molecule has 0 atom stereocenters. The monoisotopic (exact) mass is 311 g/mol. The Kier molecular flexibility index (Phi) is 3.78.